The Morgan fingerprint density at radius 3 is 2.26 bits per heavy atom. The smallest absolute Gasteiger partial charge is 0.255 e. The molecule has 0 spiro atoms. The summed E-state index contributed by atoms with van der Waals surface area (Å²) >= 11 is 0. The molecule has 0 atom stereocenters. The summed E-state index contributed by atoms with van der Waals surface area (Å²) in [7, 11) is 0. The van der Waals surface area contributed by atoms with Gasteiger partial charge in [0.2, 0.25) is 0 Å². The highest BCUT2D eigenvalue weighted by molar-refractivity contribution is 6.05. The minimum atomic E-state index is -0.646. The van der Waals surface area contributed by atoms with Gasteiger partial charge in [-0.1, -0.05) is 12.1 Å². The second-order valence-corrected chi connectivity index (χ2v) is 4.19. The molecule has 0 bridgehead atoms. The summed E-state index contributed by atoms with van der Waals surface area (Å²) in [4.78, 5) is 11.9. The lowest BCUT2D eigenvalue weighted by Crippen LogP contribution is -2.11. The summed E-state index contributed by atoms with van der Waals surface area (Å²) < 4.78 is 0. The molecule has 1 amide bonds. The Morgan fingerprint density at radius 1 is 1.05 bits per heavy atom. The third-order valence-corrected chi connectivity index (χ3v) is 2.61. The van der Waals surface area contributed by atoms with Crippen molar-refractivity contribution < 1.29 is 20.1 Å². The Kier molecular flexibility index (Phi) is 3.29. The van der Waals surface area contributed by atoms with Gasteiger partial charge in [-0.15, -0.1) is 0 Å². The summed E-state index contributed by atoms with van der Waals surface area (Å²) in [5, 5.41) is 30.5. The van der Waals surface area contributed by atoms with Crippen molar-refractivity contribution in [3.05, 3.63) is 47.5 Å². The number of nitrogens with one attached hydrogen (secondary N) is 1. The molecule has 5 nitrogen and oxygen atoms in total. The summed E-state index contributed by atoms with van der Waals surface area (Å²) in [6.45, 7) is 1.90. The zero-order valence-corrected chi connectivity index (χ0v) is 10.2. The molecule has 5 heteroatoms. The fourth-order valence-electron chi connectivity index (χ4n) is 1.66. The van der Waals surface area contributed by atoms with Crippen molar-refractivity contribution in [1.29, 1.82) is 0 Å². The van der Waals surface area contributed by atoms with E-state index in [-0.39, 0.29) is 5.56 Å². The van der Waals surface area contributed by atoms with Gasteiger partial charge in [-0.2, -0.15) is 0 Å². The molecule has 2 aromatic rings. The lowest BCUT2D eigenvalue weighted by Gasteiger charge is -2.08. The number of benzene rings is 2. The fraction of sp³-hybridized carbons (Fsp3) is 0.0714. The summed E-state index contributed by atoms with van der Waals surface area (Å²) in [5.74, 6) is -2.23. The van der Waals surface area contributed by atoms with Crippen molar-refractivity contribution in [2.45, 2.75) is 6.92 Å². The van der Waals surface area contributed by atoms with E-state index in [1.54, 1.807) is 18.2 Å². The van der Waals surface area contributed by atoms with Crippen LogP contribution < -0.4 is 5.32 Å². The molecule has 0 aliphatic rings. The van der Waals surface area contributed by atoms with Crippen molar-refractivity contribution >= 4 is 11.6 Å². The molecule has 0 saturated heterocycles. The zero-order valence-electron chi connectivity index (χ0n) is 10.2. The number of carbonyl (C=O) groups excluding carboxylic acids is 1. The van der Waals surface area contributed by atoms with E-state index in [1.165, 1.54) is 0 Å². The van der Waals surface area contributed by atoms with Gasteiger partial charge in [-0.25, -0.2) is 0 Å². The fourth-order valence-corrected chi connectivity index (χ4v) is 1.66. The summed E-state index contributed by atoms with van der Waals surface area (Å²) in [5.41, 5.74) is 1.65. The topological polar surface area (TPSA) is 89.8 Å². The largest absolute Gasteiger partial charge is 0.504 e. The van der Waals surface area contributed by atoms with Gasteiger partial charge < -0.3 is 20.6 Å². The average molecular weight is 259 g/mol. The van der Waals surface area contributed by atoms with Crippen LogP contribution in [0.1, 0.15) is 15.9 Å². The predicted octanol–water partition coefficient (Wildman–Crippen LogP) is 2.36. The number of aromatic hydroxyl groups is 3. The van der Waals surface area contributed by atoms with Crippen molar-refractivity contribution in [3.63, 3.8) is 0 Å². The van der Waals surface area contributed by atoms with E-state index < -0.39 is 23.2 Å². The monoisotopic (exact) mass is 259 g/mol. The van der Waals surface area contributed by atoms with Crippen LogP contribution in [-0.4, -0.2) is 21.2 Å². The number of rotatable bonds is 2. The molecule has 98 valence electrons. The minimum Gasteiger partial charge on any atom is -0.504 e. The number of aryl methyl sites for hydroxylation is 1. The third-order valence-electron chi connectivity index (χ3n) is 2.61. The molecule has 19 heavy (non-hydrogen) atoms. The minimum absolute atomic E-state index is 0.0503. The predicted molar refractivity (Wildman–Crippen MR) is 70.6 cm³/mol. The molecule has 0 heterocycles. The van der Waals surface area contributed by atoms with Crippen LogP contribution in [0.3, 0.4) is 0 Å². The Labute approximate surface area is 109 Å². The van der Waals surface area contributed by atoms with Gasteiger partial charge in [-0.05, 0) is 36.8 Å². The van der Waals surface area contributed by atoms with Crippen LogP contribution in [0.25, 0.3) is 0 Å². The maximum atomic E-state index is 11.9. The number of hydrogen-bond acceptors (Lipinski definition) is 4. The molecular weight excluding hydrogens is 246 g/mol. The van der Waals surface area contributed by atoms with Crippen LogP contribution in [0.4, 0.5) is 5.69 Å². The highest BCUT2D eigenvalue weighted by Crippen LogP contribution is 2.35. The second-order valence-electron chi connectivity index (χ2n) is 4.19. The molecule has 2 rings (SSSR count). The molecule has 0 fully saturated rings. The molecular formula is C14H13NO4. The van der Waals surface area contributed by atoms with Crippen LogP contribution in [-0.2, 0) is 0 Å². The SMILES string of the molecule is Cc1cccc(NC(=O)c2cc(O)c(O)c(O)c2)c1. The molecule has 0 saturated carbocycles. The standard InChI is InChI=1S/C14H13NO4/c1-8-3-2-4-10(5-8)15-14(19)9-6-11(16)13(18)12(17)7-9/h2-7,16-18H,1H3,(H,15,19). The number of anilines is 1. The molecule has 4 N–H and O–H groups in total. The Hall–Kier alpha value is -2.69. The number of carbonyl (C=O) groups is 1. The van der Waals surface area contributed by atoms with Crippen LogP contribution in [0, 0.1) is 6.92 Å². The summed E-state index contributed by atoms with van der Waals surface area (Å²) in [6, 6.07) is 9.38. The van der Waals surface area contributed by atoms with Gasteiger partial charge in [0.15, 0.2) is 17.2 Å². The van der Waals surface area contributed by atoms with Crippen LogP contribution in [0.5, 0.6) is 17.2 Å². The normalized spacial score (nSPS) is 10.2. The lowest BCUT2D eigenvalue weighted by atomic mass is 10.1. The highest BCUT2D eigenvalue weighted by atomic mass is 16.3. The molecule has 2 aromatic carbocycles. The zero-order chi connectivity index (χ0) is 14.0. The first-order valence-electron chi connectivity index (χ1n) is 5.60. The second kappa shape index (κ2) is 4.89. The first-order valence-corrected chi connectivity index (χ1v) is 5.60. The lowest BCUT2D eigenvalue weighted by molar-refractivity contribution is 0.102. The van der Waals surface area contributed by atoms with E-state index >= 15 is 0 Å². The average Bonchev–Trinajstić information content (AvgIpc) is 2.35. The number of phenols is 3. The third kappa shape index (κ3) is 2.77. The van der Waals surface area contributed by atoms with Gasteiger partial charge in [-0.3, -0.25) is 4.79 Å². The van der Waals surface area contributed by atoms with E-state index in [2.05, 4.69) is 5.32 Å². The summed E-state index contributed by atoms with van der Waals surface area (Å²) in [6.07, 6.45) is 0. The molecule has 0 radical (unpaired) electrons. The Morgan fingerprint density at radius 2 is 1.68 bits per heavy atom. The van der Waals surface area contributed by atoms with Crippen LogP contribution in [0.2, 0.25) is 0 Å². The first-order chi connectivity index (χ1) is 8.97. The van der Waals surface area contributed by atoms with Gasteiger partial charge in [0.1, 0.15) is 0 Å². The molecule has 0 aliphatic heterocycles. The van der Waals surface area contributed by atoms with Crippen molar-refractivity contribution in [3.8, 4) is 17.2 Å². The van der Waals surface area contributed by atoms with E-state index in [1.807, 2.05) is 13.0 Å². The number of amides is 1. The first kappa shape index (κ1) is 12.8. The van der Waals surface area contributed by atoms with Crippen LogP contribution >= 0.6 is 0 Å². The van der Waals surface area contributed by atoms with Gasteiger partial charge in [0.25, 0.3) is 5.91 Å². The van der Waals surface area contributed by atoms with Gasteiger partial charge in [0.05, 0.1) is 0 Å². The van der Waals surface area contributed by atoms with Crippen molar-refractivity contribution in [2.24, 2.45) is 0 Å². The van der Waals surface area contributed by atoms with E-state index in [9.17, 15) is 20.1 Å². The maximum absolute atomic E-state index is 11.9. The Balaban J connectivity index is 2.25. The Bertz CT molecular complexity index is 614. The maximum Gasteiger partial charge on any atom is 0.255 e. The highest BCUT2D eigenvalue weighted by Gasteiger charge is 2.13. The molecule has 0 aromatic heterocycles. The van der Waals surface area contributed by atoms with E-state index in [4.69, 9.17) is 0 Å². The quantitative estimate of drug-likeness (QED) is 0.623. The van der Waals surface area contributed by atoms with Gasteiger partial charge in [0, 0.05) is 11.3 Å². The van der Waals surface area contributed by atoms with Crippen LogP contribution in [0.15, 0.2) is 36.4 Å². The number of hydrogen-bond donors (Lipinski definition) is 4. The van der Waals surface area contributed by atoms with E-state index in [0.717, 1.165) is 17.7 Å². The van der Waals surface area contributed by atoms with E-state index in [0.29, 0.717) is 5.69 Å². The molecule has 0 aliphatic carbocycles. The van der Waals surface area contributed by atoms with Gasteiger partial charge >= 0.3 is 0 Å². The number of phenolic OH excluding ortho intramolecular Hbond substituents is 3. The van der Waals surface area contributed by atoms with Crippen molar-refractivity contribution in [2.75, 3.05) is 5.32 Å². The van der Waals surface area contributed by atoms with Crippen molar-refractivity contribution in [1.82, 2.24) is 0 Å². The molecule has 0 unspecified atom stereocenters.